The van der Waals surface area contributed by atoms with Crippen LogP contribution in [-0.4, -0.2) is 41.5 Å². The minimum Gasteiger partial charge on any atom is -0.394 e. The summed E-state index contributed by atoms with van der Waals surface area (Å²) >= 11 is 0. The maximum Gasteiger partial charge on any atom is 0.290 e. The lowest BCUT2D eigenvalue weighted by atomic mass is 9.91. The average molecular weight is 296 g/mol. The molecule has 1 aliphatic rings. The van der Waals surface area contributed by atoms with Crippen molar-refractivity contribution in [2.75, 3.05) is 19.8 Å². The average Bonchev–Trinajstić information content (AvgIpc) is 2.99. The van der Waals surface area contributed by atoms with E-state index in [4.69, 9.17) is 9.26 Å². The highest BCUT2D eigenvalue weighted by molar-refractivity contribution is 5.92. The van der Waals surface area contributed by atoms with E-state index >= 15 is 0 Å². The molecule has 2 rings (SSSR count). The van der Waals surface area contributed by atoms with E-state index in [-0.39, 0.29) is 18.3 Å². The quantitative estimate of drug-likeness (QED) is 0.837. The number of aliphatic hydroxyl groups excluding tert-OH is 1. The van der Waals surface area contributed by atoms with E-state index in [2.05, 4.69) is 24.3 Å². The van der Waals surface area contributed by atoms with Crippen LogP contribution in [0.2, 0.25) is 0 Å². The molecule has 0 spiro atoms. The zero-order valence-corrected chi connectivity index (χ0v) is 12.7. The van der Waals surface area contributed by atoms with Crippen LogP contribution in [0.1, 0.15) is 61.7 Å². The van der Waals surface area contributed by atoms with Crippen molar-refractivity contribution in [3.8, 4) is 0 Å². The summed E-state index contributed by atoms with van der Waals surface area (Å²) in [4.78, 5) is 12.3. The molecule has 0 aliphatic carbocycles. The Balaban J connectivity index is 2.06. The van der Waals surface area contributed by atoms with Gasteiger partial charge in [-0.1, -0.05) is 19.0 Å². The maximum absolute atomic E-state index is 12.3. The summed E-state index contributed by atoms with van der Waals surface area (Å²) in [5.41, 5.74) is 0.201. The van der Waals surface area contributed by atoms with Crippen LogP contribution in [0.3, 0.4) is 0 Å². The molecule has 0 atom stereocenters. The van der Waals surface area contributed by atoms with Crippen LogP contribution < -0.4 is 5.32 Å². The molecule has 0 bridgehead atoms. The maximum atomic E-state index is 12.3. The molecule has 2 heterocycles. The van der Waals surface area contributed by atoms with Gasteiger partial charge in [-0.25, -0.2) is 0 Å². The molecule has 6 heteroatoms. The Bertz CT molecular complexity index is 462. The van der Waals surface area contributed by atoms with Crippen LogP contribution in [0.15, 0.2) is 10.6 Å². The number of nitrogens with zero attached hydrogens (tertiary/aromatic N) is 1. The van der Waals surface area contributed by atoms with Gasteiger partial charge in [-0.3, -0.25) is 4.79 Å². The third-order valence-corrected chi connectivity index (χ3v) is 4.29. The SMILES string of the molecule is CCC(CC)c1cc(C(=O)NC2(CO)CCOCC2)on1. The topological polar surface area (TPSA) is 84.6 Å². The first-order chi connectivity index (χ1) is 10.1. The predicted molar refractivity (Wildman–Crippen MR) is 77.2 cm³/mol. The molecule has 1 amide bonds. The first-order valence-corrected chi connectivity index (χ1v) is 7.62. The molecule has 1 aromatic heterocycles. The summed E-state index contributed by atoms with van der Waals surface area (Å²) in [6, 6.07) is 1.71. The summed E-state index contributed by atoms with van der Waals surface area (Å²) in [6.45, 7) is 5.15. The lowest BCUT2D eigenvalue weighted by molar-refractivity contribution is 0.0118. The number of carbonyl (C=O) groups excluding carboxylic acids is 1. The van der Waals surface area contributed by atoms with Gasteiger partial charge < -0.3 is 19.7 Å². The zero-order chi connectivity index (χ0) is 15.3. The van der Waals surface area contributed by atoms with Crippen molar-refractivity contribution in [3.63, 3.8) is 0 Å². The summed E-state index contributed by atoms with van der Waals surface area (Å²) in [5.74, 6) is 0.192. The number of hydrogen-bond acceptors (Lipinski definition) is 5. The number of carbonyl (C=O) groups is 1. The van der Waals surface area contributed by atoms with Gasteiger partial charge in [0.15, 0.2) is 0 Å². The molecule has 1 aromatic rings. The van der Waals surface area contributed by atoms with E-state index in [9.17, 15) is 9.90 Å². The highest BCUT2D eigenvalue weighted by Crippen LogP contribution is 2.24. The molecular weight excluding hydrogens is 272 g/mol. The minimum absolute atomic E-state index is 0.102. The third-order valence-electron chi connectivity index (χ3n) is 4.29. The smallest absolute Gasteiger partial charge is 0.290 e. The van der Waals surface area contributed by atoms with E-state index in [0.717, 1.165) is 18.5 Å². The molecule has 2 N–H and O–H groups in total. The molecule has 0 radical (unpaired) electrons. The van der Waals surface area contributed by atoms with E-state index in [1.54, 1.807) is 6.07 Å². The Morgan fingerprint density at radius 1 is 1.43 bits per heavy atom. The first kappa shape index (κ1) is 16.0. The Hall–Kier alpha value is -1.40. The van der Waals surface area contributed by atoms with E-state index < -0.39 is 5.54 Å². The molecule has 1 saturated heterocycles. The molecule has 0 saturated carbocycles. The van der Waals surface area contributed by atoms with Crippen LogP contribution in [0, 0.1) is 0 Å². The number of ether oxygens (including phenoxy) is 1. The molecule has 118 valence electrons. The third kappa shape index (κ3) is 3.63. The van der Waals surface area contributed by atoms with Gasteiger partial charge in [0.25, 0.3) is 5.91 Å². The standard InChI is InChI=1S/C15H24N2O4/c1-3-11(4-2)12-9-13(21-17-12)14(19)16-15(10-18)5-7-20-8-6-15/h9,11,18H,3-8,10H2,1-2H3,(H,16,19). The molecule has 6 nitrogen and oxygen atoms in total. The molecular formula is C15H24N2O4. The van der Waals surface area contributed by atoms with Crippen molar-refractivity contribution < 1.29 is 19.2 Å². The van der Waals surface area contributed by atoms with Gasteiger partial charge in [0.2, 0.25) is 5.76 Å². The Morgan fingerprint density at radius 3 is 2.67 bits per heavy atom. The van der Waals surface area contributed by atoms with Crippen molar-refractivity contribution in [2.24, 2.45) is 0 Å². The summed E-state index contributed by atoms with van der Waals surface area (Å²) in [5, 5.41) is 16.5. The highest BCUT2D eigenvalue weighted by Gasteiger charge is 2.34. The van der Waals surface area contributed by atoms with Gasteiger partial charge in [0.05, 0.1) is 17.8 Å². The molecule has 21 heavy (non-hydrogen) atoms. The second-order valence-electron chi connectivity index (χ2n) is 5.63. The monoisotopic (exact) mass is 296 g/mol. The number of nitrogens with one attached hydrogen (secondary N) is 1. The van der Waals surface area contributed by atoms with Crippen molar-refractivity contribution in [1.82, 2.24) is 10.5 Å². The van der Waals surface area contributed by atoms with Crippen LogP contribution in [0.5, 0.6) is 0 Å². The number of rotatable bonds is 6. The van der Waals surface area contributed by atoms with Crippen LogP contribution in [-0.2, 0) is 4.74 Å². The summed E-state index contributed by atoms with van der Waals surface area (Å²) in [7, 11) is 0. The first-order valence-electron chi connectivity index (χ1n) is 7.62. The summed E-state index contributed by atoms with van der Waals surface area (Å²) < 4.78 is 10.4. The number of aliphatic hydroxyl groups is 1. The Kier molecular flexibility index (Phi) is 5.36. The number of amides is 1. The van der Waals surface area contributed by atoms with Gasteiger partial charge >= 0.3 is 0 Å². The minimum atomic E-state index is -0.614. The van der Waals surface area contributed by atoms with Crippen molar-refractivity contribution >= 4 is 5.91 Å². The number of hydrogen-bond donors (Lipinski definition) is 2. The van der Waals surface area contributed by atoms with E-state index in [0.29, 0.717) is 32.0 Å². The van der Waals surface area contributed by atoms with Crippen LogP contribution >= 0.6 is 0 Å². The normalized spacial score (nSPS) is 17.9. The molecule has 0 aromatic carbocycles. The van der Waals surface area contributed by atoms with Gasteiger partial charge in [0, 0.05) is 25.2 Å². The van der Waals surface area contributed by atoms with Gasteiger partial charge in [-0.15, -0.1) is 0 Å². The summed E-state index contributed by atoms with van der Waals surface area (Å²) in [6.07, 6.45) is 3.12. The second kappa shape index (κ2) is 7.04. The number of aromatic nitrogens is 1. The van der Waals surface area contributed by atoms with E-state index in [1.165, 1.54) is 0 Å². The van der Waals surface area contributed by atoms with Crippen molar-refractivity contribution in [3.05, 3.63) is 17.5 Å². The predicted octanol–water partition coefficient (Wildman–Crippen LogP) is 1.85. The Labute approximate surface area is 124 Å². The fourth-order valence-corrected chi connectivity index (χ4v) is 2.68. The molecule has 1 aliphatic heterocycles. The molecule has 1 fully saturated rings. The van der Waals surface area contributed by atoms with Gasteiger partial charge in [0.1, 0.15) is 0 Å². The fourth-order valence-electron chi connectivity index (χ4n) is 2.68. The lowest BCUT2D eigenvalue weighted by Crippen LogP contribution is -2.54. The van der Waals surface area contributed by atoms with E-state index in [1.807, 2.05) is 0 Å². The lowest BCUT2D eigenvalue weighted by Gasteiger charge is -2.35. The highest BCUT2D eigenvalue weighted by atomic mass is 16.5. The largest absolute Gasteiger partial charge is 0.394 e. The van der Waals surface area contributed by atoms with Crippen LogP contribution in [0.25, 0.3) is 0 Å². The van der Waals surface area contributed by atoms with Gasteiger partial charge in [-0.05, 0) is 25.7 Å². The zero-order valence-electron chi connectivity index (χ0n) is 12.7. The second-order valence-corrected chi connectivity index (χ2v) is 5.63. The fraction of sp³-hybridized carbons (Fsp3) is 0.733. The molecule has 0 unspecified atom stereocenters. The van der Waals surface area contributed by atoms with Crippen molar-refractivity contribution in [2.45, 2.75) is 51.0 Å². The van der Waals surface area contributed by atoms with Crippen molar-refractivity contribution in [1.29, 1.82) is 0 Å². The van der Waals surface area contributed by atoms with Crippen LogP contribution in [0.4, 0.5) is 0 Å². The Morgan fingerprint density at radius 2 is 2.10 bits per heavy atom. The van der Waals surface area contributed by atoms with Gasteiger partial charge in [-0.2, -0.15) is 0 Å².